The molecule has 2 rings (SSSR count). The Morgan fingerprint density at radius 1 is 1.14 bits per heavy atom. The average molecular weight is 422 g/mol. The first-order valence-corrected chi connectivity index (χ1v) is 11.4. The Bertz CT molecular complexity index is 765. The fourth-order valence-corrected chi connectivity index (χ4v) is 4.94. The monoisotopic (exact) mass is 421 g/mol. The van der Waals surface area contributed by atoms with E-state index in [1.807, 2.05) is 12.1 Å². The van der Waals surface area contributed by atoms with Gasteiger partial charge in [-0.3, -0.25) is 10.1 Å². The summed E-state index contributed by atoms with van der Waals surface area (Å²) in [5, 5.41) is 11.3. The quantitative estimate of drug-likeness (QED) is 0.411. The van der Waals surface area contributed by atoms with Gasteiger partial charge in [0.1, 0.15) is 5.75 Å². The highest BCUT2D eigenvalue weighted by molar-refractivity contribution is 8.01. The number of amides is 1. The van der Waals surface area contributed by atoms with Crippen molar-refractivity contribution in [3.8, 4) is 5.75 Å². The van der Waals surface area contributed by atoms with E-state index in [-0.39, 0.29) is 23.3 Å². The summed E-state index contributed by atoms with van der Waals surface area (Å²) in [5.74, 6) is 1.44. The van der Waals surface area contributed by atoms with Crippen molar-refractivity contribution in [2.75, 3.05) is 17.7 Å². The minimum atomic E-state index is -0.236. The second-order valence-electron chi connectivity index (χ2n) is 8.70. The molecule has 0 spiro atoms. The van der Waals surface area contributed by atoms with E-state index in [1.54, 1.807) is 11.8 Å². The van der Waals surface area contributed by atoms with E-state index in [4.69, 9.17) is 4.74 Å². The predicted octanol–water partition coefficient (Wildman–Crippen LogP) is 5.77. The summed E-state index contributed by atoms with van der Waals surface area (Å²) in [6.07, 6.45) is 2.16. The fourth-order valence-electron chi connectivity index (χ4n) is 3.24. The Balaban J connectivity index is 1.85. The third-order valence-corrected chi connectivity index (χ3v) is 6.24. The molecule has 1 heterocycles. The van der Waals surface area contributed by atoms with E-state index in [0.29, 0.717) is 10.9 Å². The fraction of sp³-hybridized carbons (Fsp3) is 0.571. The summed E-state index contributed by atoms with van der Waals surface area (Å²) >= 11 is 3.03. The van der Waals surface area contributed by atoms with E-state index in [1.165, 1.54) is 16.9 Å². The number of rotatable bonds is 9. The predicted molar refractivity (Wildman–Crippen MR) is 119 cm³/mol. The molecule has 0 saturated heterocycles. The van der Waals surface area contributed by atoms with Crippen molar-refractivity contribution in [1.29, 1.82) is 0 Å². The van der Waals surface area contributed by atoms with Crippen LogP contribution in [0, 0.1) is 5.41 Å². The maximum atomic E-state index is 12.1. The molecule has 1 amide bonds. The van der Waals surface area contributed by atoms with E-state index in [2.05, 4.69) is 69.2 Å². The molecule has 154 valence electrons. The average Bonchev–Trinajstić information content (AvgIpc) is 3.04. The largest absolute Gasteiger partial charge is 0.484 e. The van der Waals surface area contributed by atoms with Crippen molar-refractivity contribution in [2.24, 2.45) is 5.41 Å². The van der Waals surface area contributed by atoms with Gasteiger partial charge in [0.25, 0.3) is 5.91 Å². The second kappa shape index (κ2) is 9.74. The number of carbonyl (C=O) groups is 1. The number of nitrogens with one attached hydrogen (secondary N) is 1. The SMILES string of the molecule is CCCSc1nnc(NC(=O)COc2ccc(C(C)(C)CC(C)(C)C)cc2)s1. The van der Waals surface area contributed by atoms with Crippen molar-refractivity contribution < 1.29 is 9.53 Å². The van der Waals surface area contributed by atoms with E-state index in [9.17, 15) is 4.79 Å². The Kier molecular flexibility index (Phi) is 7.89. The number of hydrogen-bond donors (Lipinski definition) is 1. The summed E-state index contributed by atoms with van der Waals surface area (Å²) < 4.78 is 6.49. The van der Waals surface area contributed by atoms with Crippen molar-refractivity contribution in [2.45, 2.75) is 64.1 Å². The lowest BCUT2D eigenvalue weighted by molar-refractivity contribution is -0.118. The van der Waals surface area contributed by atoms with Gasteiger partial charge in [0, 0.05) is 5.75 Å². The first-order valence-electron chi connectivity index (χ1n) is 9.58. The van der Waals surface area contributed by atoms with E-state index in [0.717, 1.165) is 22.9 Å². The van der Waals surface area contributed by atoms with Crippen LogP contribution in [0.5, 0.6) is 5.75 Å². The minimum absolute atomic E-state index is 0.0538. The van der Waals surface area contributed by atoms with Crippen LogP contribution < -0.4 is 10.1 Å². The summed E-state index contributed by atoms with van der Waals surface area (Å²) in [7, 11) is 0. The van der Waals surface area contributed by atoms with Crippen LogP contribution in [0.15, 0.2) is 28.6 Å². The van der Waals surface area contributed by atoms with E-state index < -0.39 is 0 Å². The first-order chi connectivity index (χ1) is 13.1. The molecule has 1 N–H and O–H groups in total. The van der Waals surface area contributed by atoms with Crippen molar-refractivity contribution >= 4 is 34.1 Å². The third kappa shape index (κ3) is 7.43. The number of carbonyl (C=O) groups excluding carboxylic acids is 1. The number of nitrogens with zero attached hydrogens (tertiary/aromatic N) is 2. The van der Waals surface area contributed by atoms with Gasteiger partial charge in [-0.1, -0.05) is 76.8 Å². The van der Waals surface area contributed by atoms with Crippen LogP contribution in [0.3, 0.4) is 0 Å². The van der Waals surface area contributed by atoms with Gasteiger partial charge in [0.15, 0.2) is 10.9 Å². The lowest BCUT2D eigenvalue weighted by atomic mass is 9.72. The van der Waals surface area contributed by atoms with Crippen LogP contribution in [0.4, 0.5) is 5.13 Å². The van der Waals surface area contributed by atoms with Crippen molar-refractivity contribution in [3.05, 3.63) is 29.8 Å². The second-order valence-corrected chi connectivity index (χ2v) is 11.0. The number of ether oxygens (including phenoxy) is 1. The molecule has 0 aliphatic rings. The van der Waals surface area contributed by atoms with Crippen LogP contribution in [-0.2, 0) is 10.2 Å². The van der Waals surface area contributed by atoms with Gasteiger partial charge < -0.3 is 4.74 Å². The molecule has 0 aliphatic heterocycles. The number of benzene rings is 1. The Morgan fingerprint density at radius 3 is 2.43 bits per heavy atom. The lowest BCUT2D eigenvalue weighted by Gasteiger charge is -2.33. The summed E-state index contributed by atoms with van der Waals surface area (Å²) in [5.41, 5.74) is 1.61. The normalized spacial score (nSPS) is 12.1. The van der Waals surface area contributed by atoms with Gasteiger partial charge in [-0.15, -0.1) is 10.2 Å². The lowest BCUT2D eigenvalue weighted by Crippen LogP contribution is -2.24. The van der Waals surface area contributed by atoms with Crippen LogP contribution in [0.2, 0.25) is 0 Å². The van der Waals surface area contributed by atoms with Gasteiger partial charge in [0.05, 0.1) is 0 Å². The highest BCUT2D eigenvalue weighted by Crippen LogP contribution is 2.36. The Morgan fingerprint density at radius 2 is 1.82 bits per heavy atom. The van der Waals surface area contributed by atoms with Crippen molar-refractivity contribution in [1.82, 2.24) is 10.2 Å². The molecule has 0 unspecified atom stereocenters. The van der Waals surface area contributed by atoms with Crippen molar-refractivity contribution in [3.63, 3.8) is 0 Å². The molecule has 0 atom stereocenters. The number of aromatic nitrogens is 2. The molecule has 0 saturated carbocycles. The summed E-state index contributed by atoms with van der Waals surface area (Å²) in [6.45, 7) is 13.4. The number of anilines is 1. The van der Waals surface area contributed by atoms with Gasteiger partial charge in [-0.25, -0.2) is 0 Å². The maximum Gasteiger partial charge on any atom is 0.264 e. The van der Waals surface area contributed by atoms with Gasteiger partial charge >= 0.3 is 0 Å². The van der Waals surface area contributed by atoms with Crippen LogP contribution in [0.25, 0.3) is 0 Å². The highest BCUT2D eigenvalue weighted by atomic mass is 32.2. The highest BCUT2D eigenvalue weighted by Gasteiger charge is 2.27. The van der Waals surface area contributed by atoms with Crippen LogP contribution in [0.1, 0.15) is 59.9 Å². The first kappa shape index (κ1) is 22.7. The molecule has 2 aromatic rings. The molecular weight excluding hydrogens is 390 g/mol. The summed E-state index contributed by atoms with van der Waals surface area (Å²) in [6, 6.07) is 8.02. The molecule has 1 aromatic carbocycles. The minimum Gasteiger partial charge on any atom is -0.484 e. The molecule has 1 aromatic heterocycles. The molecule has 7 heteroatoms. The van der Waals surface area contributed by atoms with Crippen LogP contribution >= 0.6 is 23.1 Å². The third-order valence-electron chi connectivity index (χ3n) is 4.06. The van der Waals surface area contributed by atoms with Crippen LogP contribution in [-0.4, -0.2) is 28.5 Å². The molecular formula is C21H31N3O2S2. The molecule has 5 nitrogen and oxygen atoms in total. The molecule has 0 bridgehead atoms. The molecule has 0 radical (unpaired) electrons. The van der Waals surface area contributed by atoms with Gasteiger partial charge in [-0.05, 0) is 41.4 Å². The number of hydrogen-bond acceptors (Lipinski definition) is 6. The molecule has 0 aliphatic carbocycles. The van der Waals surface area contributed by atoms with E-state index >= 15 is 0 Å². The molecule has 0 fully saturated rings. The number of thioether (sulfide) groups is 1. The zero-order valence-electron chi connectivity index (χ0n) is 17.7. The topological polar surface area (TPSA) is 64.1 Å². The van der Waals surface area contributed by atoms with Gasteiger partial charge in [0.2, 0.25) is 5.13 Å². The zero-order valence-corrected chi connectivity index (χ0v) is 19.3. The molecule has 28 heavy (non-hydrogen) atoms. The maximum absolute atomic E-state index is 12.1. The smallest absolute Gasteiger partial charge is 0.264 e. The zero-order chi connectivity index (χ0) is 20.8. The Labute approximate surface area is 176 Å². The van der Waals surface area contributed by atoms with Gasteiger partial charge in [-0.2, -0.15) is 0 Å². The summed E-state index contributed by atoms with van der Waals surface area (Å²) in [4.78, 5) is 12.1. The standard InChI is InChI=1S/C21H31N3O2S2/c1-7-12-27-19-24-23-18(28-19)22-17(25)13-26-16-10-8-15(9-11-16)21(5,6)14-20(2,3)4/h8-11H,7,12-14H2,1-6H3,(H,22,23,25). The Hall–Kier alpha value is -1.60.